The van der Waals surface area contributed by atoms with Gasteiger partial charge in [-0.15, -0.1) is 0 Å². The smallest absolute Gasteiger partial charge is 0.368 e. The molecule has 0 aliphatic carbocycles. The average Bonchev–Trinajstić information content (AvgIpc) is 2.26. The predicted octanol–water partition coefficient (Wildman–Crippen LogP) is 3.47. The Kier molecular flexibility index (Phi) is 3.48. The molecule has 0 bridgehead atoms. The Morgan fingerprint density at radius 3 is 2.26 bits per heavy atom. The van der Waals surface area contributed by atoms with Gasteiger partial charge in [-0.1, -0.05) is 11.6 Å². The van der Waals surface area contributed by atoms with Gasteiger partial charge >= 0.3 is 6.18 Å². The van der Waals surface area contributed by atoms with Gasteiger partial charge in [-0.05, 0) is 24.3 Å². The quantitative estimate of drug-likeness (QED) is 0.831. The first-order chi connectivity index (χ1) is 8.84. The van der Waals surface area contributed by atoms with Crippen molar-refractivity contribution in [3.8, 4) is 0 Å². The minimum atomic E-state index is -4.36. The highest BCUT2D eigenvalue weighted by atomic mass is 35.5. The van der Waals surface area contributed by atoms with Crippen molar-refractivity contribution in [2.24, 2.45) is 0 Å². The van der Waals surface area contributed by atoms with Crippen LogP contribution in [0.4, 0.5) is 30.6 Å². The number of aromatic nitrogens is 2. The summed E-state index contributed by atoms with van der Waals surface area (Å²) in [4.78, 5) is 7.52. The fourth-order valence-corrected chi connectivity index (χ4v) is 1.58. The van der Waals surface area contributed by atoms with Crippen LogP contribution in [0.3, 0.4) is 0 Å². The summed E-state index contributed by atoms with van der Waals surface area (Å²) in [5, 5.41) is 2.92. The number of hydrogen-bond acceptors (Lipinski definition) is 4. The first kappa shape index (κ1) is 13.4. The Hall–Kier alpha value is -2.02. The Labute approximate surface area is 111 Å². The van der Waals surface area contributed by atoms with Gasteiger partial charge in [0.2, 0.25) is 5.95 Å². The van der Waals surface area contributed by atoms with Gasteiger partial charge in [0.05, 0.1) is 5.56 Å². The van der Waals surface area contributed by atoms with E-state index in [2.05, 4.69) is 15.3 Å². The van der Waals surface area contributed by atoms with Crippen LogP contribution >= 0.6 is 11.6 Å². The third-order valence-corrected chi connectivity index (χ3v) is 2.39. The van der Waals surface area contributed by atoms with Crippen molar-refractivity contribution in [3.05, 3.63) is 41.0 Å². The monoisotopic (exact) mass is 288 g/mol. The molecule has 0 radical (unpaired) electrons. The number of benzene rings is 1. The maximum Gasteiger partial charge on any atom is 0.416 e. The summed E-state index contributed by atoms with van der Waals surface area (Å²) in [5.74, 6) is 0.277. The van der Waals surface area contributed by atoms with Gasteiger partial charge in [-0.2, -0.15) is 18.2 Å². The van der Waals surface area contributed by atoms with E-state index in [9.17, 15) is 13.2 Å². The summed E-state index contributed by atoms with van der Waals surface area (Å²) < 4.78 is 37.1. The molecule has 0 amide bonds. The van der Waals surface area contributed by atoms with Crippen LogP contribution in [0, 0.1) is 0 Å². The van der Waals surface area contributed by atoms with Gasteiger partial charge in [0, 0.05) is 11.8 Å². The van der Waals surface area contributed by atoms with E-state index in [-0.39, 0.29) is 11.1 Å². The van der Waals surface area contributed by atoms with Crippen LogP contribution in [0.5, 0.6) is 0 Å². The first-order valence-corrected chi connectivity index (χ1v) is 5.47. The molecule has 19 heavy (non-hydrogen) atoms. The highest BCUT2D eigenvalue weighted by Gasteiger charge is 2.29. The second kappa shape index (κ2) is 4.93. The minimum absolute atomic E-state index is 0.0260. The van der Waals surface area contributed by atoms with E-state index in [4.69, 9.17) is 17.3 Å². The van der Waals surface area contributed by atoms with Crippen LogP contribution in [-0.4, -0.2) is 9.97 Å². The molecule has 0 aliphatic rings. The average molecular weight is 289 g/mol. The Balaban J connectivity index is 2.20. The number of nitrogens with zero attached hydrogens (tertiary/aromatic N) is 2. The van der Waals surface area contributed by atoms with Crippen molar-refractivity contribution < 1.29 is 13.2 Å². The van der Waals surface area contributed by atoms with Crippen molar-refractivity contribution in [1.29, 1.82) is 0 Å². The molecule has 0 fully saturated rings. The van der Waals surface area contributed by atoms with Crippen molar-refractivity contribution in [3.63, 3.8) is 0 Å². The normalized spacial score (nSPS) is 11.4. The van der Waals surface area contributed by atoms with Gasteiger partial charge in [0.1, 0.15) is 11.0 Å². The van der Waals surface area contributed by atoms with E-state index >= 15 is 0 Å². The molecule has 0 saturated heterocycles. The van der Waals surface area contributed by atoms with E-state index in [1.807, 2.05) is 0 Å². The number of rotatable bonds is 2. The summed E-state index contributed by atoms with van der Waals surface area (Å²) in [5.41, 5.74) is 5.11. The molecule has 2 aromatic rings. The molecule has 8 heteroatoms. The Morgan fingerprint density at radius 1 is 1.11 bits per heavy atom. The maximum atomic E-state index is 12.4. The minimum Gasteiger partial charge on any atom is -0.368 e. The number of nitrogens with one attached hydrogen (secondary N) is 1. The highest BCUT2D eigenvalue weighted by molar-refractivity contribution is 6.29. The van der Waals surface area contributed by atoms with Gasteiger partial charge in [0.15, 0.2) is 0 Å². The lowest BCUT2D eigenvalue weighted by Gasteiger charge is -2.09. The molecule has 0 saturated carbocycles. The number of halogens is 4. The zero-order valence-electron chi connectivity index (χ0n) is 9.37. The molecular weight excluding hydrogens is 281 g/mol. The number of hydrogen-bond donors (Lipinski definition) is 2. The largest absolute Gasteiger partial charge is 0.416 e. The fourth-order valence-electron chi connectivity index (χ4n) is 1.39. The molecule has 4 nitrogen and oxygen atoms in total. The number of alkyl halides is 3. The van der Waals surface area contributed by atoms with Crippen LogP contribution in [0.2, 0.25) is 5.15 Å². The van der Waals surface area contributed by atoms with Crippen molar-refractivity contribution in [2.75, 3.05) is 11.1 Å². The summed E-state index contributed by atoms with van der Waals surface area (Å²) in [7, 11) is 0. The van der Waals surface area contributed by atoms with E-state index < -0.39 is 11.7 Å². The molecule has 1 aromatic carbocycles. The van der Waals surface area contributed by atoms with E-state index in [1.54, 1.807) is 0 Å². The molecule has 3 N–H and O–H groups in total. The molecule has 0 spiro atoms. The summed E-state index contributed by atoms with van der Waals surface area (Å²) in [6, 6.07) is 5.92. The lowest BCUT2D eigenvalue weighted by Crippen LogP contribution is -2.05. The van der Waals surface area contributed by atoms with Crippen molar-refractivity contribution in [1.82, 2.24) is 9.97 Å². The first-order valence-electron chi connectivity index (χ1n) is 5.09. The van der Waals surface area contributed by atoms with Crippen molar-refractivity contribution in [2.45, 2.75) is 6.18 Å². The maximum absolute atomic E-state index is 12.4. The van der Waals surface area contributed by atoms with Gasteiger partial charge in [-0.3, -0.25) is 0 Å². The van der Waals surface area contributed by atoms with Crippen LogP contribution in [0.15, 0.2) is 30.3 Å². The number of nitrogen functional groups attached to an aromatic ring is 1. The summed E-state index contributed by atoms with van der Waals surface area (Å²) >= 11 is 5.68. The summed E-state index contributed by atoms with van der Waals surface area (Å²) in [6.45, 7) is 0. The second-order valence-electron chi connectivity index (χ2n) is 3.63. The van der Waals surface area contributed by atoms with Crippen LogP contribution < -0.4 is 11.1 Å². The molecule has 100 valence electrons. The molecule has 1 aromatic heterocycles. The van der Waals surface area contributed by atoms with Crippen LogP contribution in [0.25, 0.3) is 0 Å². The SMILES string of the molecule is Nc1nc(Cl)cc(Nc2ccc(C(F)(F)F)cc2)n1. The highest BCUT2D eigenvalue weighted by Crippen LogP contribution is 2.30. The zero-order chi connectivity index (χ0) is 14.0. The third kappa shape index (κ3) is 3.47. The predicted molar refractivity (Wildman–Crippen MR) is 66.2 cm³/mol. The molecule has 0 atom stereocenters. The Morgan fingerprint density at radius 2 is 1.74 bits per heavy atom. The van der Waals surface area contributed by atoms with Crippen molar-refractivity contribution >= 4 is 29.1 Å². The topological polar surface area (TPSA) is 63.8 Å². The van der Waals surface area contributed by atoms with Gasteiger partial charge < -0.3 is 11.1 Å². The van der Waals surface area contributed by atoms with Crippen LogP contribution in [0.1, 0.15) is 5.56 Å². The van der Waals surface area contributed by atoms with E-state index in [0.29, 0.717) is 11.5 Å². The molecule has 1 heterocycles. The molecule has 0 unspecified atom stereocenters. The molecule has 0 aliphatic heterocycles. The Bertz CT molecular complexity index is 563. The lowest BCUT2D eigenvalue weighted by atomic mass is 10.2. The third-order valence-electron chi connectivity index (χ3n) is 2.20. The van der Waals surface area contributed by atoms with Gasteiger partial charge in [-0.25, -0.2) is 4.98 Å². The number of nitrogens with two attached hydrogens (primary N) is 1. The van der Waals surface area contributed by atoms with Gasteiger partial charge in [0.25, 0.3) is 0 Å². The molecular formula is C11H8ClF3N4. The zero-order valence-corrected chi connectivity index (χ0v) is 10.1. The van der Waals surface area contributed by atoms with Crippen LogP contribution in [-0.2, 0) is 6.18 Å². The fraction of sp³-hybridized carbons (Fsp3) is 0.0909. The lowest BCUT2D eigenvalue weighted by molar-refractivity contribution is -0.137. The van der Waals surface area contributed by atoms with E-state index in [0.717, 1.165) is 12.1 Å². The number of anilines is 3. The standard InChI is InChI=1S/C11H8ClF3N4/c12-8-5-9(19-10(16)18-8)17-7-3-1-6(2-4-7)11(13,14)15/h1-5H,(H3,16,17,18,19). The van der Waals surface area contributed by atoms with E-state index in [1.165, 1.54) is 18.2 Å². The molecule has 2 rings (SSSR count). The summed E-state index contributed by atoms with van der Waals surface area (Å²) in [6.07, 6.45) is -4.36. The second-order valence-corrected chi connectivity index (χ2v) is 4.02.